The van der Waals surface area contributed by atoms with Crippen LogP contribution in [-0.4, -0.2) is 50.2 Å². The van der Waals surface area contributed by atoms with Gasteiger partial charge in [0.1, 0.15) is 5.75 Å². The second-order valence-electron chi connectivity index (χ2n) is 5.75. The molecule has 3 rings (SSSR count). The molecule has 20 heavy (non-hydrogen) atoms. The molecule has 1 unspecified atom stereocenters. The third-order valence-electron chi connectivity index (χ3n) is 4.31. The predicted molar refractivity (Wildman–Crippen MR) is 81.4 cm³/mol. The maximum Gasteiger partial charge on any atom is 0.196 e. The minimum absolute atomic E-state index is 0.0221. The van der Waals surface area contributed by atoms with Gasteiger partial charge in [-0.25, -0.2) is 0 Å². The number of hydrogen-bond acceptors (Lipinski definition) is 5. The van der Waals surface area contributed by atoms with Gasteiger partial charge in [0.25, 0.3) is 0 Å². The van der Waals surface area contributed by atoms with Crippen LogP contribution in [0.3, 0.4) is 0 Å². The van der Waals surface area contributed by atoms with E-state index in [0.717, 1.165) is 37.5 Å². The average Bonchev–Trinajstić information content (AvgIpc) is 2.75. The van der Waals surface area contributed by atoms with Crippen LogP contribution in [0, 0.1) is 0 Å². The molecule has 1 aromatic carbocycles. The highest BCUT2D eigenvalue weighted by molar-refractivity contribution is 5.99. The normalized spacial score (nSPS) is 26.9. The molecule has 5 heteroatoms. The van der Waals surface area contributed by atoms with Crippen LogP contribution in [0.25, 0.3) is 0 Å². The van der Waals surface area contributed by atoms with Crippen molar-refractivity contribution >= 4 is 11.6 Å². The SMILES string of the molecule is COc1ccccc1N1C(N)=NCC12CCCN(C)C2. The molecule has 5 nitrogen and oxygen atoms in total. The van der Waals surface area contributed by atoms with Crippen molar-refractivity contribution < 1.29 is 4.74 Å². The summed E-state index contributed by atoms with van der Waals surface area (Å²) in [7, 11) is 3.86. The van der Waals surface area contributed by atoms with E-state index in [-0.39, 0.29) is 5.54 Å². The Bertz CT molecular complexity index is 530. The Morgan fingerprint density at radius 2 is 2.15 bits per heavy atom. The fraction of sp³-hybridized carbons (Fsp3) is 0.533. The summed E-state index contributed by atoms with van der Waals surface area (Å²) in [4.78, 5) is 9.06. The Kier molecular flexibility index (Phi) is 3.30. The Balaban J connectivity index is 2.02. The molecule has 2 heterocycles. The summed E-state index contributed by atoms with van der Waals surface area (Å²) in [6.45, 7) is 2.89. The highest BCUT2D eigenvalue weighted by atomic mass is 16.5. The van der Waals surface area contributed by atoms with Gasteiger partial charge in [0.2, 0.25) is 0 Å². The second-order valence-corrected chi connectivity index (χ2v) is 5.75. The third kappa shape index (κ3) is 2.02. The zero-order valence-corrected chi connectivity index (χ0v) is 12.2. The van der Waals surface area contributed by atoms with Crippen molar-refractivity contribution in [2.45, 2.75) is 18.4 Å². The lowest BCUT2D eigenvalue weighted by atomic mass is 9.87. The van der Waals surface area contributed by atoms with Gasteiger partial charge in [0, 0.05) is 6.54 Å². The number of nitrogens with two attached hydrogens (primary N) is 1. The Morgan fingerprint density at radius 3 is 2.90 bits per heavy atom. The summed E-state index contributed by atoms with van der Waals surface area (Å²) in [5.74, 6) is 1.45. The van der Waals surface area contributed by atoms with Gasteiger partial charge in [0.05, 0.1) is 24.9 Å². The van der Waals surface area contributed by atoms with Crippen LogP contribution < -0.4 is 15.4 Å². The molecule has 2 N–H and O–H groups in total. The number of likely N-dealkylation sites (tertiary alicyclic amines) is 1. The third-order valence-corrected chi connectivity index (χ3v) is 4.31. The van der Waals surface area contributed by atoms with E-state index < -0.39 is 0 Å². The Labute approximate surface area is 120 Å². The van der Waals surface area contributed by atoms with Crippen molar-refractivity contribution in [3.8, 4) is 5.75 Å². The van der Waals surface area contributed by atoms with Crippen molar-refractivity contribution in [2.75, 3.05) is 38.7 Å². The van der Waals surface area contributed by atoms with Crippen LogP contribution >= 0.6 is 0 Å². The van der Waals surface area contributed by atoms with E-state index in [9.17, 15) is 0 Å². The van der Waals surface area contributed by atoms with E-state index in [1.165, 1.54) is 6.42 Å². The molecule has 2 aliphatic heterocycles. The van der Waals surface area contributed by atoms with Crippen LogP contribution in [0.1, 0.15) is 12.8 Å². The van der Waals surface area contributed by atoms with Gasteiger partial charge in [-0.1, -0.05) is 12.1 Å². The van der Waals surface area contributed by atoms with Crippen molar-refractivity contribution in [2.24, 2.45) is 10.7 Å². The second kappa shape index (κ2) is 4.98. The molecule has 0 radical (unpaired) electrons. The van der Waals surface area contributed by atoms with Crippen LogP contribution in [0.15, 0.2) is 29.3 Å². The molecule has 1 atom stereocenters. The summed E-state index contributed by atoms with van der Waals surface area (Å²) in [6, 6.07) is 8.03. The van der Waals surface area contributed by atoms with Gasteiger partial charge < -0.3 is 20.3 Å². The molecule has 0 aromatic heterocycles. The first-order chi connectivity index (χ1) is 9.66. The number of methoxy groups -OCH3 is 1. The molecule has 1 spiro atoms. The first-order valence-corrected chi connectivity index (χ1v) is 7.08. The predicted octanol–water partition coefficient (Wildman–Crippen LogP) is 1.29. The minimum Gasteiger partial charge on any atom is -0.495 e. The van der Waals surface area contributed by atoms with Crippen LogP contribution in [0.4, 0.5) is 5.69 Å². The van der Waals surface area contributed by atoms with Gasteiger partial charge >= 0.3 is 0 Å². The van der Waals surface area contributed by atoms with Gasteiger partial charge in [0.15, 0.2) is 5.96 Å². The van der Waals surface area contributed by atoms with Gasteiger partial charge in [-0.15, -0.1) is 0 Å². The molecule has 1 aromatic rings. The molecule has 1 fully saturated rings. The number of hydrogen-bond donors (Lipinski definition) is 1. The lowest BCUT2D eigenvalue weighted by molar-refractivity contribution is 0.190. The molecular formula is C15H22N4O. The lowest BCUT2D eigenvalue weighted by Gasteiger charge is -2.45. The van der Waals surface area contributed by atoms with Crippen molar-refractivity contribution in [3.05, 3.63) is 24.3 Å². The number of ether oxygens (including phenoxy) is 1. The highest BCUT2D eigenvalue weighted by Crippen LogP contribution is 2.39. The minimum atomic E-state index is -0.0221. The summed E-state index contributed by atoms with van der Waals surface area (Å²) in [5.41, 5.74) is 7.18. The topological polar surface area (TPSA) is 54.1 Å². The number of para-hydroxylation sites is 2. The molecule has 1 saturated heterocycles. The Morgan fingerprint density at radius 1 is 1.35 bits per heavy atom. The van der Waals surface area contributed by atoms with E-state index in [1.54, 1.807) is 7.11 Å². The standard InChI is InChI=1S/C15H22N4O/c1-18-9-5-8-15(11-18)10-17-14(16)19(15)12-6-3-4-7-13(12)20-2/h3-4,6-7H,5,8-11H2,1-2H3,(H2,16,17). The molecule has 2 aliphatic rings. The number of anilines is 1. The maximum absolute atomic E-state index is 6.19. The number of rotatable bonds is 2. The molecule has 0 amide bonds. The van der Waals surface area contributed by atoms with Crippen LogP contribution in [0.5, 0.6) is 5.75 Å². The fourth-order valence-electron chi connectivity index (χ4n) is 3.46. The van der Waals surface area contributed by atoms with Crippen molar-refractivity contribution in [3.63, 3.8) is 0 Å². The first kappa shape index (κ1) is 13.2. The molecular weight excluding hydrogens is 252 g/mol. The number of guanidine groups is 1. The van der Waals surface area contributed by atoms with Crippen LogP contribution in [-0.2, 0) is 0 Å². The van der Waals surface area contributed by atoms with E-state index in [1.807, 2.05) is 18.2 Å². The number of nitrogens with zero attached hydrogens (tertiary/aromatic N) is 3. The summed E-state index contributed by atoms with van der Waals surface area (Å²) in [5, 5.41) is 0. The monoisotopic (exact) mass is 274 g/mol. The number of piperidine rings is 1. The van der Waals surface area contributed by atoms with Gasteiger partial charge in [-0.05, 0) is 38.6 Å². The summed E-state index contributed by atoms with van der Waals surface area (Å²) < 4.78 is 5.50. The van der Waals surface area contributed by atoms with Crippen molar-refractivity contribution in [1.82, 2.24) is 4.90 Å². The summed E-state index contributed by atoms with van der Waals surface area (Å²) >= 11 is 0. The number of aliphatic imine (C=N–C) groups is 1. The zero-order valence-electron chi connectivity index (χ0n) is 12.2. The zero-order chi connectivity index (χ0) is 14.2. The van der Waals surface area contributed by atoms with E-state index in [4.69, 9.17) is 10.5 Å². The van der Waals surface area contributed by atoms with E-state index in [2.05, 4.69) is 27.9 Å². The van der Waals surface area contributed by atoms with Crippen molar-refractivity contribution in [1.29, 1.82) is 0 Å². The Hall–Kier alpha value is -1.75. The van der Waals surface area contributed by atoms with E-state index >= 15 is 0 Å². The average molecular weight is 274 g/mol. The first-order valence-electron chi connectivity index (χ1n) is 7.08. The number of likely N-dealkylation sites (N-methyl/N-ethyl adjacent to an activating group) is 1. The van der Waals surface area contributed by atoms with Gasteiger partial charge in [-0.3, -0.25) is 4.99 Å². The molecule has 0 saturated carbocycles. The lowest BCUT2D eigenvalue weighted by Crippen LogP contribution is -2.60. The van der Waals surface area contributed by atoms with E-state index in [0.29, 0.717) is 5.96 Å². The number of benzene rings is 1. The largest absolute Gasteiger partial charge is 0.495 e. The molecule has 0 aliphatic carbocycles. The van der Waals surface area contributed by atoms with Gasteiger partial charge in [-0.2, -0.15) is 0 Å². The molecule has 108 valence electrons. The highest BCUT2D eigenvalue weighted by Gasteiger charge is 2.46. The van der Waals surface area contributed by atoms with Crippen LogP contribution in [0.2, 0.25) is 0 Å². The summed E-state index contributed by atoms with van der Waals surface area (Å²) in [6.07, 6.45) is 2.28. The molecule has 0 bridgehead atoms. The fourth-order valence-corrected chi connectivity index (χ4v) is 3.46. The maximum atomic E-state index is 6.19. The quantitative estimate of drug-likeness (QED) is 0.883. The smallest absolute Gasteiger partial charge is 0.196 e.